The van der Waals surface area contributed by atoms with E-state index in [-0.39, 0.29) is 10.7 Å². The molecular weight excluding hydrogens is 303 g/mol. The lowest BCUT2D eigenvalue weighted by atomic mass is 10.2. The molecule has 1 aliphatic heterocycles. The van der Waals surface area contributed by atoms with E-state index < -0.39 is 0 Å². The second kappa shape index (κ2) is 7.90. The molecule has 0 bridgehead atoms. The maximum atomic E-state index is 13.3. The van der Waals surface area contributed by atoms with Gasteiger partial charge in [-0.2, -0.15) is 0 Å². The summed E-state index contributed by atoms with van der Waals surface area (Å²) in [7, 11) is 3.55. The molecule has 0 aromatic heterocycles. The third kappa shape index (κ3) is 4.05. The summed E-state index contributed by atoms with van der Waals surface area (Å²) in [5.74, 6) is 0.919. The van der Waals surface area contributed by atoms with E-state index in [1.807, 2.05) is 7.05 Å². The molecule has 118 valence electrons. The van der Waals surface area contributed by atoms with Crippen LogP contribution in [0.2, 0.25) is 0 Å². The molecule has 0 spiro atoms. The van der Waals surface area contributed by atoms with E-state index in [9.17, 15) is 4.39 Å². The zero-order valence-electron chi connectivity index (χ0n) is 12.5. The molecule has 6 nitrogen and oxygen atoms in total. The Morgan fingerprint density at radius 3 is 2.86 bits per heavy atom. The Bertz CT molecular complexity index is 626. The van der Waals surface area contributed by atoms with Gasteiger partial charge in [-0.05, 0) is 25.2 Å². The molecule has 1 aliphatic rings. The van der Waals surface area contributed by atoms with Gasteiger partial charge in [0.1, 0.15) is 18.2 Å². The maximum Gasteiger partial charge on any atom is 0.154 e. The normalized spacial score (nSPS) is 14.6. The van der Waals surface area contributed by atoms with Gasteiger partial charge in [0.15, 0.2) is 11.7 Å². The molecule has 1 aromatic carbocycles. The zero-order chi connectivity index (χ0) is 15.9. The van der Waals surface area contributed by atoms with Crippen LogP contribution in [0.4, 0.5) is 10.1 Å². The second-order valence-corrected chi connectivity index (χ2v) is 5.03. The molecular formula is C14H19FN6S. The van der Waals surface area contributed by atoms with Crippen LogP contribution in [0.15, 0.2) is 38.1 Å². The fourth-order valence-corrected chi connectivity index (χ4v) is 2.12. The van der Waals surface area contributed by atoms with E-state index in [4.69, 9.17) is 0 Å². The van der Waals surface area contributed by atoms with Crippen molar-refractivity contribution in [3.8, 4) is 0 Å². The first-order valence-corrected chi connectivity index (χ1v) is 7.31. The van der Waals surface area contributed by atoms with Gasteiger partial charge < -0.3 is 16.0 Å². The van der Waals surface area contributed by atoms with Crippen molar-refractivity contribution in [3.05, 3.63) is 24.0 Å². The Morgan fingerprint density at radius 1 is 1.36 bits per heavy atom. The number of rotatable bonds is 5. The van der Waals surface area contributed by atoms with Crippen molar-refractivity contribution in [3.63, 3.8) is 0 Å². The number of benzene rings is 1. The molecule has 0 fully saturated rings. The average molecular weight is 322 g/mol. The quantitative estimate of drug-likeness (QED) is 0.285. The van der Waals surface area contributed by atoms with Crippen LogP contribution in [0.5, 0.6) is 0 Å². The van der Waals surface area contributed by atoms with Crippen LogP contribution in [0.25, 0.3) is 0 Å². The molecule has 0 saturated carbocycles. The Morgan fingerprint density at radius 2 is 2.18 bits per heavy atom. The number of aliphatic imine (C=N–C) groups is 3. The molecule has 0 radical (unpaired) electrons. The van der Waals surface area contributed by atoms with Crippen LogP contribution in [0.1, 0.15) is 0 Å². The first-order chi connectivity index (χ1) is 10.7. The summed E-state index contributed by atoms with van der Waals surface area (Å²) in [6.07, 6.45) is 0. The molecule has 0 unspecified atom stereocenters. The van der Waals surface area contributed by atoms with E-state index in [1.54, 1.807) is 19.2 Å². The Kier molecular flexibility index (Phi) is 5.91. The topological polar surface area (TPSA) is 73.2 Å². The van der Waals surface area contributed by atoms with Crippen LogP contribution < -0.4 is 16.0 Å². The van der Waals surface area contributed by atoms with Crippen molar-refractivity contribution in [1.29, 1.82) is 0 Å². The van der Waals surface area contributed by atoms with E-state index in [1.165, 1.54) is 6.07 Å². The van der Waals surface area contributed by atoms with Crippen LogP contribution in [0.3, 0.4) is 0 Å². The summed E-state index contributed by atoms with van der Waals surface area (Å²) in [5, 5.41) is 9.39. The lowest BCUT2D eigenvalue weighted by molar-refractivity contribution is 0.603. The number of thiol groups is 1. The third-order valence-electron chi connectivity index (χ3n) is 3.01. The van der Waals surface area contributed by atoms with Crippen LogP contribution in [-0.2, 0) is 0 Å². The summed E-state index contributed by atoms with van der Waals surface area (Å²) in [4.78, 5) is 13.1. The summed E-state index contributed by atoms with van der Waals surface area (Å²) in [6.45, 7) is 1.93. The lowest BCUT2D eigenvalue weighted by Crippen LogP contribution is -2.39. The van der Waals surface area contributed by atoms with Crippen LogP contribution in [-0.4, -0.2) is 51.2 Å². The standard InChI is InChI=1S/C14H19FN6S/c1-16-5-6-18-14-12(19-8-20-14)13(17-2)21-9-3-4-10(15)11(22)7-9/h3-4,7,16,22H,5-6,8H2,1-2H3,(H,17,21)(H,18,20). The van der Waals surface area contributed by atoms with Gasteiger partial charge in [0.25, 0.3) is 0 Å². The number of amidine groups is 2. The number of anilines is 1. The highest BCUT2D eigenvalue weighted by atomic mass is 32.1. The largest absolute Gasteiger partial charge is 0.367 e. The average Bonchev–Trinajstić information content (AvgIpc) is 2.97. The highest BCUT2D eigenvalue weighted by molar-refractivity contribution is 7.80. The van der Waals surface area contributed by atoms with Crippen molar-refractivity contribution in [1.82, 2.24) is 10.6 Å². The van der Waals surface area contributed by atoms with Gasteiger partial charge in [-0.25, -0.2) is 9.38 Å². The van der Waals surface area contributed by atoms with Gasteiger partial charge in [-0.1, -0.05) is 0 Å². The number of hydrogen-bond acceptors (Lipinski definition) is 6. The Balaban J connectivity index is 2.08. The van der Waals surface area contributed by atoms with Crippen LogP contribution in [0, 0.1) is 5.82 Å². The summed E-state index contributed by atoms with van der Waals surface area (Å²) in [6, 6.07) is 4.58. The van der Waals surface area contributed by atoms with Crippen molar-refractivity contribution >= 4 is 35.7 Å². The summed E-state index contributed by atoms with van der Waals surface area (Å²) >= 11 is 4.08. The van der Waals surface area contributed by atoms with Crippen molar-refractivity contribution < 1.29 is 4.39 Å². The molecule has 0 saturated heterocycles. The van der Waals surface area contributed by atoms with E-state index in [0.29, 0.717) is 29.7 Å². The lowest BCUT2D eigenvalue weighted by Gasteiger charge is -2.13. The van der Waals surface area contributed by atoms with Crippen molar-refractivity contribution in [2.75, 3.05) is 39.2 Å². The number of nitrogens with one attached hydrogen (secondary N) is 3. The minimum atomic E-state index is -0.363. The molecule has 8 heteroatoms. The number of likely N-dealkylation sites (N-methyl/N-ethyl adjacent to an activating group) is 1. The Labute approximate surface area is 134 Å². The minimum Gasteiger partial charge on any atom is -0.367 e. The number of nitrogens with zero attached hydrogens (tertiary/aromatic N) is 3. The summed E-state index contributed by atoms with van der Waals surface area (Å²) < 4.78 is 13.3. The van der Waals surface area contributed by atoms with Gasteiger partial charge in [-0.15, -0.1) is 12.6 Å². The van der Waals surface area contributed by atoms with Gasteiger partial charge in [0.05, 0.1) is 0 Å². The third-order valence-corrected chi connectivity index (χ3v) is 3.35. The fourth-order valence-electron chi connectivity index (χ4n) is 1.91. The molecule has 0 aliphatic carbocycles. The fraction of sp³-hybridized carbons (Fsp3) is 0.357. The van der Waals surface area contributed by atoms with Crippen molar-refractivity contribution in [2.45, 2.75) is 4.90 Å². The summed E-state index contributed by atoms with van der Waals surface area (Å²) in [5.41, 5.74) is 1.36. The number of halogens is 1. The van der Waals surface area contributed by atoms with Gasteiger partial charge in [0, 0.05) is 30.7 Å². The smallest absolute Gasteiger partial charge is 0.154 e. The highest BCUT2D eigenvalue weighted by Gasteiger charge is 2.19. The molecule has 0 atom stereocenters. The maximum absolute atomic E-state index is 13.3. The predicted octanol–water partition coefficient (Wildman–Crippen LogP) is 1.17. The molecule has 22 heavy (non-hydrogen) atoms. The van der Waals surface area contributed by atoms with E-state index >= 15 is 0 Å². The monoisotopic (exact) mass is 322 g/mol. The first kappa shape index (κ1) is 16.4. The Hall–Kier alpha value is -1.93. The second-order valence-electron chi connectivity index (χ2n) is 4.55. The molecule has 0 amide bonds. The van der Waals surface area contributed by atoms with E-state index in [2.05, 4.69) is 43.6 Å². The predicted molar refractivity (Wildman–Crippen MR) is 92.3 cm³/mol. The first-order valence-electron chi connectivity index (χ1n) is 6.86. The molecule has 1 heterocycles. The van der Waals surface area contributed by atoms with E-state index in [0.717, 1.165) is 13.1 Å². The van der Waals surface area contributed by atoms with Gasteiger partial charge in [0.2, 0.25) is 0 Å². The van der Waals surface area contributed by atoms with Crippen LogP contribution >= 0.6 is 12.6 Å². The van der Waals surface area contributed by atoms with Crippen molar-refractivity contribution in [2.24, 2.45) is 15.0 Å². The zero-order valence-corrected chi connectivity index (χ0v) is 13.4. The molecule has 3 N–H and O–H groups in total. The minimum absolute atomic E-state index is 0.273. The van der Waals surface area contributed by atoms with Gasteiger partial charge in [-0.3, -0.25) is 9.98 Å². The molecule has 2 rings (SSSR count). The molecule has 1 aromatic rings. The highest BCUT2D eigenvalue weighted by Crippen LogP contribution is 2.18. The SMILES string of the molecule is C/N=C(\Nc1ccc(F)c(S)c1)C1=NCN=C1NCCNC. The van der Waals surface area contributed by atoms with Gasteiger partial charge >= 0.3 is 0 Å². The number of hydrogen-bond donors (Lipinski definition) is 4.